The van der Waals surface area contributed by atoms with Crippen LogP contribution in [0.3, 0.4) is 0 Å². The standard InChI is InChI=1S/C31H41N3O3/c1-24-28(8-4-10-30(24)36-20-6-17-33(3)22-26-12-15-32-16-13-26)29-9-5-11-31(25(29)2)37-21-7-18-34-19-14-27(35)23-34/h4-5,8-13,15-16,27,35H,6-7,14,17-23H2,1-3H3/t27-/m1/s1. The predicted octanol–water partition coefficient (Wildman–Crippen LogP) is 5.10. The first-order valence-corrected chi connectivity index (χ1v) is 13.4. The molecule has 6 nitrogen and oxygen atoms in total. The average Bonchev–Trinajstić information content (AvgIpc) is 3.32. The Hall–Kier alpha value is -2.93. The number of aliphatic hydroxyl groups is 1. The maximum Gasteiger partial charge on any atom is 0.122 e. The molecule has 4 rings (SSSR count). The van der Waals surface area contributed by atoms with Crippen LogP contribution in [0.15, 0.2) is 60.9 Å². The second-order valence-electron chi connectivity index (χ2n) is 10.1. The highest BCUT2D eigenvalue weighted by atomic mass is 16.5. The zero-order chi connectivity index (χ0) is 26.0. The third-order valence-electron chi connectivity index (χ3n) is 7.13. The topological polar surface area (TPSA) is 58.1 Å². The molecule has 2 heterocycles. The molecule has 1 N–H and O–H groups in total. The summed E-state index contributed by atoms with van der Waals surface area (Å²) in [5.74, 6) is 1.87. The second kappa shape index (κ2) is 13.6. The Kier molecular flexibility index (Phi) is 9.94. The molecule has 0 bridgehead atoms. The summed E-state index contributed by atoms with van der Waals surface area (Å²) in [6, 6.07) is 16.7. The number of β-amino-alcohol motifs (C(OH)–C–C–N with tert-alkyl or cyclic N) is 1. The summed E-state index contributed by atoms with van der Waals surface area (Å²) < 4.78 is 12.4. The van der Waals surface area contributed by atoms with Crippen molar-refractivity contribution in [1.29, 1.82) is 0 Å². The molecule has 1 aliphatic heterocycles. The molecule has 3 aromatic rings. The largest absolute Gasteiger partial charge is 0.493 e. The van der Waals surface area contributed by atoms with E-state index in [1.54, 1.807) is 0 Å². The molecule has 1 fully saturated rings. The summed E-state index contributed by atoms with van der Waals surface area (Å²) >= 11 is 0. The van der Waals surface area contributed by atoms with Crippen LogP contribution in [0.4, 0.5) is 0 Å². The lowest BCUT2D eigenvalue weighted by Crippen LogP contribution is -2.24. The zero-order valence-electron chi connectivity index (χ0n) is 22.5. The van der Waals surface area contributed by atoms with Gasteiger partial charge in [0.05, 0.1) is 19.3 Å². The van der Waals surface area contributed by atoms with Crippen LogP contribution in [-0.4, -0.2) is 72.4 Å². The predicted molar refractivity (Wildman–Crippen MR) is 149 cm³/mol. The number of ether oxygens (including phenoxy) is 2. The number of rotatable bonds is 13. The molecular formula is C31H41N3O3. The van der Waals surface area contributed by atoms with E-state index in [2.05, 4.69) is 84.2 Å². The first-order valence-electron chi connectivity index (χ1n) is 13.4. The van der Waals surface area contributed by atoms with Gasteiger partial charge in [-0.15, -0.1) is 0 Å². The van der Waals surface area contributed by atoms with Crippen LogP contribution in [-0.2, 0) is 6.54 Å². The number of aromatic nitrogens is 1. The van der Waals surface area contributed by atoms with Gasteiger partial charge in [0.1, 0.15) is 11.5 Å². The zero-order valence-corrected chi connectivity index (χ0v) is 22.5. The molecule has 1 aromatic heterocycles. The van der Waals surface area contributed by atoms with Crippen molar-refractivity contribution in [3.05, 3.63) is 77.6 Å². The van der Waals surface area contributed by atoms with E-state index in [9.17, 15) is 5.11 Å². The molecule has 1 saturated heterocycles. The Balaban J connectivity index is 1.29. The van der Waals surface area contributed by atoms with Crippen LogP contribution < -0.4 is 9.47 Å². The Morgan fingerprint density at radius 1 is 0.919 bits per heavy atom. The number of hydrogen-bond acceptors (Lipinski definition) is 6. The van der Waals surface area contributed by atoms with Gasteiger partial charge in [-0.2, -0.15) is 0 Å². The summed E-state index contributed by atoms with van der Waals surface area (Å²) in [7, 11) is 2.14. The highest BCUT2D eigenvalue weighted by Crippen LogP contribution is 2.35. The molecule has 1 aliphatic rings. The van der Waals surface area contributed by atoms with Crippen LogP contribution in [0.25, 0.3) is 11.1 Å². The van der Waals surface area contributed by atoms with Gasteiger partial charge < -0.3 is 24.4 Å². The van der Waals surface area contributed by atoms with E-state index in [0.29, 0.717) is 13.2 Å². The van der Waals surface area contributed by atoms with Crippen LogP contribution >= 0.6 is 0 Å². The highest BCUT2D eigenvalue weighted by Gasteiger charge is 2.19. The number of nitrogens with zero attached hydrogens (tertiary/aromatic N) is 3. The molecule has 0 aliphatic carbocycles. The maximum absolute atomic E-state index is 9.70. The fraction of sp³-hybridized carbons (Fsp3) is 0.452. The van der Waals surface area contributed by atoms with Gasteiger partial charge >= 0.3 is 0 Å². The number of aliphatic hydroxyl groups excluding tert-OH is 1. The lowest BCUT2D eigenvalue weighted by atomic mass is 9.95. The Morgan fingerprint density at radius 2 is 1.54 bits per heavy atom. The van der Waals surface area contributed by atoms with Crippen LogP contribution in [0.5, 0.6) is 11.5 Å². The van der Waals surface area contributed by atoms with Crippen molar-refractivity contribution in [1.82, 2.24) is 14.8 Å². The van der Waals surface area contributed by atoms with E-state index in [1.165, 1.54) is 16.7 Å². The quantitative estimate of drug-likeness (QED) is 0.328. The van der Waals surface area contributed by atoms with Gasteiger partial charge in [0, 0.05) is 45.1 Å². The molecule has 37 heavy (non-hydrogen) atoms. The molecule has 198 valence electrons. The summed E-state index contributed by atoms with van der Waals surface area (Å²) in [6.07, 6.45) is 6.32. The minimum absolute atomic E-state index is 0.165. The summed E-state index contributed by atoms with van der Waals surface area (Å²) in [5, 5.41) is 9.70. The first-order chi connectivity index (χ1) is 18.0. The van der Waals surface area contributed by atoms with Gasteiger partial charge in [0.2, 0.25) is 0 Å². The summed E-state index contributed by atoms with van der Waals surface area (Å²) in [4.78, 5) is 8.71. The number of benzene rings is 2. The third-order valence-corrected chi connectivity index (χ3v) is 7.13. The monoisotopic (exact) mass is 503 g/mol. The molecule has 6 heteroatoms. The van der Waals surface area contributed by atoms with Crippen LogP contribution in [0.1, 0.15) is 36.0 Å². The number of likely N-dealkylation sites (tertiary alicyclic amines) is 1. The van der Waals surface area contributed by atoms with E-state index in [4.69, 9.17) is 9.47 Å². The molecule has 0 radical (unpaired) electrons. The minimum Gasteiger partial charge on any atom is -0.493 e. The van der Waals surface area contributed by atoms with Gasteiger partial charge in [-0.3, -0.25) is 4.98 Å². The smallest absolute Gasteiger partial charge is 0.122 e. The van der Waals surface area contributed by atoms with Gasteiger partial charge in [-0.25, -0.2) is 0 Å². The van der Waals surface area contributed by atoms with Crippen molar-refractivity contribution in [3.8, 4) is 22.6 Å². The van der Waals surface area contributed by atoms with Crippen molar-refractivity contribution in [2.75, 3.05) is 46.4 Å². The SMILES string of the molecule is Cc1c(OCCCN(C)Cc2ccncc2)cccc1-c1cccc(OCCCN2CC[C@@H](O)C2)c1C. The van der Waals surface area contributed by atoms with Gasteiger partial charge in [0.15, 0.2) is 0 Å². The van der Waals surface area contributed by atoms with E-state index in [0.717, 1.165) is 74.6 Å². The molecule has 0 unspecified atom stereocenters. The molecule has 0 amide bonds. The van der Waals surface area contributed by atoms with Gasteiger partial charge in [0.25, 0.3) is 0 Å². The van der Waals surface area contributed by atoms with Crippen LogP contribution in [0, 0.1) is 13.8 Å². The maximum atomic E-state index is 9.70. The second-order valence-corrected chi connectivity index (χ2v) is 10.1. The lowest BCUT2D eigenvalue weighted by molar-refractivity contribution is 0.173. The van der Waals surface area contributed by atoms with Crippen molar-refractivity contribution in [2.24, 2.45) is 0 Å². The average molecular weight is 504 g/mol. The number of hydrogen-bond donors (Lipinski definition) is 1. The minimum atomic E-state index is -0.165. The summed E-state index contributed by atoms with van der Waals surface area (Å²) in [5.41, 5.74) is 5.94. The van der Waals surface area contributed by atoms with Crippen molar-refractivity contribution in [3.63, 3.8) is 0 Å². The Bertz CT molecular complexity index is 1120. The van der Waals surface area contributed by atoms with E-state index in [1.807, 2.05) is 12.4 Å². The highest BCUT2D eigenvalue weighted by molar-refractivity contribution is 5.74. The molecular weight excluding hydrogens is 462 g/mol. The van der Waals surface area contributed by atoms with E-state index < -0.39 is 0 Å². The van der Waals surface area contributed by atoms with Gasteiger partial charge in [-0.1, -0.05) is 24.3 Å². The molecule has 2 aromatic carbocycles. The molecule has 0 spiro atoms. The van der Waals surface area contributed by atoms with Crippen molar-refractivity contribution >= 4 is 0 Å². The Morgan fingerprint density at radius 3 is 2.14 bits per heavy atom. The Labute approximate surface area is 221 Å². The molecule has 0 saturated carbocycles. The lowest BCUT2D eigenvalue weighted by Gasteiger charge is -2.19. The summed E-state index contributed by atoms with van der Waals surface area (Å²) in [6.45, 7) is 10.2. The molecule has 1 atom stereocenters. The third kappa shape index (κ3) is 7.78. The first kappa shape index (κ1) is 27.1. The fourth-order valence-electron chi connectivity index (χ4n) is 5.01. The normalized spacial score (nSPS) is 15.9. The van der Waals surface area contributed by atoms with Crippen molar-refractivity contribution < 1.29 is 14.6 Å². The van der Waals surface area contributed by atoms with Crippen LogP contribution in [0.2, 0.25) is 0 Å². The van der Waals surface area contributed by atoms with Crippen molar-refractivity contribution in [2.45, 2.75) is 45.8 Å². The number of pyridine rings is 1. The fourth-order valence-corrected chi connectivity index (χ4v) is 5.01. The van der Waals surface area contributed by atoms with Gasteiger partial charge in [-0.05, 0) is 92.2 Å². The van der Waals surface area contributed by atoms with E-state index in [-0.39, 0.29) is 6.10 Å². The van der Waals surface area contributed by atoms with E-state index >= 15 is 0 Å².